The molecule has 1 amide bonds. The van der Waals surface area contributed by atoms with Crippen LogP contribution in [0.3, 0.4) is 0 Å². The van der Waals surface area contributed by atoms with Crippen molar-refractivity contribution in [1.82, 2.24) is 9.36 Å². The van der Waals surface area contributed by atoms with Crippen molar-refractivity contribution in [3.8, 4) is 0 Å². The van der Waals surface area contributed by atoms with Crippen LogP contribution in [0.1, 0.15) is 44.2 Å². The largest absolute Gasteiger partial charge is 0.418 e. The summed E-state index contributed by atoms with van der Waals surface area (Å²) in [6, 6.07) is 4.01. The second-order valence-corrected chi connectivity index (χ2v) is 8.14. The molecule has 1 aliphatic heterocycles. The molecule has 0 unspecified atom stereocenters. The predicted octanol–water partition coefficient (Wildman–Crippen LogP) is 5.04. The van der Waals surface area contributed by atoms with Crippen molar-refractivity contribution in [3.63, 3.8) is 0 Å². The van der Waals surface area contributed by atoms with Crippen LogP contribution in [-0.4, -0.2) is 27.9 Å². The molecule has 0 bridgehead atoms. The number of anilines is 2. The van der Waals surface area contributed by atoms with Crippen LogP contribution in [-0.2, 0) is 6.18 Å². The maximum absolute atomic E-state index is 13.7. The minimum absolute atomic E-state index is 0. The van der Waals surface area contributed by atoms with Crippen molar-refractivity contribution >= 4 is 39.0 Å². The van der Waals surface area contributed by atoms with Gasteiger partial charge in [-0.3, -0.25) is 9.59 Å². The fourth-order valence-corrected chi connectivity index (χ4v) is 4.57. The van der Waals surface area contributed by atoms with Gasteiger partial charge in [0.1, 0.15) is 10.4 Å². The lowest BCUT2D eigenvalue weighted by Gasteiger charge is -2.25. The highest BCUT2D eigenvalue weighted by atomic mass is 32.1. The van der Waals surface area contributed by atoms with Crippen LogP contribution in [0.2, 0.25) is 0 Å². The third-order valence-corrected chi connectivity index (χ3v) is 6.24. The number of alkyl halides is 3. The van der Waals surface area contributed by atoms with Crippen LogP contribution in [0, 0.1) is 6.92 Å². The first-order valence-electron chi connectivity index (χ1n) is 9.43. The molecule has 1 atom stereocenters. The zero-order chi connectivity index (χ0) is 21.6. The number of carbonyl (C=O) groups is 1. The van der Waals surface area contributed by atoms with E-state index in [1.54, 1.807) is 13.0 Å². The van der Waals surface area contributed by atoms with Gasteiger partial charge in [-0.15, -0.1) is 0 Å². The van der Waals surface area contributed by atoms with E-state index in [0.29, 0.717) is 22.8 Å². The SMILES string of the molecule is Cc1nsc2[nH]cc(C(=O)Nc3ccc(N4CCC[C@@H]4C)cc3C(F)(F)F)c(=O)c12.[HH].[HH]. The number of aromatic nitrogens is 2. The number of aromatic amines is 1. The van der Waals surface area contributed by atoms with E-state index in [0.717, 1.165) is 30.4 Å². The number of amides is 1. The van der Waals surface area contributed by atoms with Gasteiger partial charge in [0.05, 0.1) is 22.3 Å². The fraction of sp³-hybridized carbons (Fsp3) is 0.350. The van der Waals surface area contributed by atoms with Gasteiger partial charge in [0.2, 0.25) is 5.43 Å². The number of H-pyrrole nitrogens is 1. The molecule has 0 aliphatic carbocycles. The third kappa shape index (κ3) is 3.55. The molecule has 6 nitrogen and oxygen atoms in total. The van der Waals surface area contributed by atoms with E-state index in [4.69, 9.17) is 0 Å². The topological polar surface area (TPSA) is 78.1 Å². The number of nitrogens with one attached hydrogen (secondary N) is 2. The fourth-order valence-electron chi connectivity index (χ4n) is 3.80. The van der Waals surface area contributed by atoms with Gasteiger partial charge < -0.3 is 15.2 Å². The number of hydrogen-bond donors (Lipinski definition) is 2. The first-order valence-corrected chi connectivity index (χ1v) is 10.2. The number of benzene rings is 1. The Morgan fingerprint density at radius 1 is 1.40 bits per heavy atom. The predicted molar refractivity (Wildman–Crippen MR) is 115 cm³/mol. The third-order valence-electron chi connectivity index (χ3n) is 5.37. The Kier molecular flexibility index (Phi) is 5.05. The number of pyridine rings is 1. The molecular formula is C20H23F3N4O2S. The van der Waals surface area contributed by atoms with Gasteiger partial charge in [0.25, 0.3) is 5.91 Å². The summed E-state index contributed by atoms with van der Waals surface area (Å²) in [6.45, 7) is 4.29. The molecule has 0 spiro atoms. The van der Waals surface area contributed by atoms with Crippen LogP contribution in [0.4, 0.5) is 24.5 Å². The van der Waals surface area contributed by atoms with Gasteiger partial charge in [-0.05, 0) is 56.4 Å². The number of carbonyl (C=O) groups excluding carboxylic acids is 1. The number of halogens is 3. The normalized spacial score (nSPS) is 17.0. The van der Waals surface area contributed by atoms with Crippen molar-refractivity contribution < 1.29 is 20.8 Å². The number of nitrogens with zero attached hydrogens (tertiary/aromatic N) is 2. The van der Waals surface area contributed by atoms with E-state index >= 15 is 0 Å². The summed E-state index contributed by atoms with van der Waals surface area (Å²) in [7, 11) is 0. The average Bonchev–Trinajstić information content (AvgIpc) is 3.27. The van der Waals surface area contributed by atoms with Crippen LogP contribution < -0.4 is 15.6 Å². The summed E-state index contributed by atoms with van der Waals surface area (Å²) in [4.78, 5) is 30.5. The molecule has 4 rings (SSSR count). The van der Waals surface area contributed by atoms with Crippen LogP contribution in [0.15, 0.2) is 29.2 Å². The van der Waals surface area contributed by atoms with Crippen LogP contribution >= 0.6 is 11.5 Å². The maximum Gasteiger partial charge on any atom is 0.418 e. The minimum atomic E-state index is -4.66. The number of aryl methyl sites for hydroxylation is 1. The molecular weight excluding hydrogens is 417 g/mol. The van der Waals surface area contributed by atoms with Crippen molar-refractivity contribution in [2.24, 2.45) is 0 Å². The molecule has 0 saturated carbocycles. The van der Waals surface area contributed by atoms with E-state index in [9.17, 15) is 22.8 Å². The highest BCUT2D eigenvalue weighted by Gasteiger charge is 2.35. The van der Waals surface area contributed by atoms with Crippen LogP contribution in [0.25, 0.3) is 10.2 Å². The monoisotopic (exact) mass is 440 g/mol. The molecule has 3 heterocycles. The summed E-state index contributed by atoms with van der Waals surface area (Å²) < 4.78 is 45.2. The second-order valence-electron chi connectivity index (χ2n) is 7.37. The number of hydrogen-bond acceptors (Lipinski definition) is 5. The van der Waals surface area contributed by atoms with E-state index < -0.39 is 23.1 Å². The number of rotatable bonds is 3. The van der Waals surface area contributed by atoms with Crippen molar-refractivity contribution in [2.45, 2.75) is 38.9 Å². The molecule has 1 saturated heterocycles. The molecule has 2 aromatic heterocycles. The van der Waals surface area contributed by atoms with E-state index in [2.05, 4.69) is 14.7 Å². The Labute approximate surface area is 176 Å². The summed E-state index contributed by atoms with van der Waals surface area (Å²) in [5.74, 6) is -0.906. The number of fused-ring (bicyclic) bond motifs is 1. The minimum Gasteiger partial charge on any atom is -0.369 e. The van der Waals surface area contributed by atoms with Crippen molar-refractivity contribution in [1.29, 1.82) is 0 Å². The molecule has 2 N–H and O–H groups in total. The van der Waals surface area contributed by atoms with Gasteiger partial charge in [0.15, 0.2) is 0 Å². The molecule has 162 valence electrons. The molecule has 3 aromatic rings. The first-order chi connectivity index (χ1) is 14.2. The molecule has 30 heavy (non-hydrogen) atoms. The highest BCUT2D eigenvalue weighted by molar-refractivity contribution is 7.12. The molecule has 1 aliphatic rings. The molecule has 1 aromatic carbocycles. The summed E-state index contributed by atoms with van der Waals surface area (Å²) >= 11 is 1.08. The lowest BCUT2D eigenvalue weighted by atomic mass is 10.1. The highest BCUT2D eigenvalue weighted by Crippen LogP contribution is 2.38. The van der Waals surface area contributed by atoms with E-state index in [-0.39, 0.29) is 25.5 Å². The Bertz CT molecular complexity index is 1200. The summed E-state index contributed by atoms with van der Waals surface area (Å²) in [5.41, 5.74) is -1.24. The van der Waals surface area contributed by atoms with Gasteiger partial charge in [-0.25, -0.2) is 0 Å². The Morgan fingerprint density at radius 2 is 2.17 bits per heavy atom. The molecule has 10 heteroatoms. The molecule has 0 radical (unpaired) electrons. The lowest BCUT2D eigenvalue weighted by molar-refractivity contribution is -0.136. The second kappa shape index (κ2) is 7.42. The van der Waals surface area contributed by atoms with Crippen molar-refractivity contribution in [3.05, 3.63) is 51.4 Å². The first kappa shape index (κ1) is 20.4. The standard InChI is InChI=1S/C20H19F3N4O2S.2H2/c1-10-4-3-7-27(10)12-5-6-15(14(8-12)20(21,22)23)25-18(29)13-9-24-19-16(17(13)28)11(2)26-30-19;;/h5-6,8-10H,3-4,7H2,1-2H3,(H,24,28)(H,25,29);2*1H/t10-;;/m0../s1. The van der Waals surface area contributed by atoms with Crippen molar-refractivity contribution in [2.75, 3.05) is 16.8 Å². The van der Waals surface area contributed by atoms with Crippen LogP contribution in [0.5, 0.6) is 0 Å². The zero-order valence-electron chi connectivity index (χ0n) is 16.3. The van der Waals surface area contributed by atoms with Gasteiger partial charge in [0, 0.05) is 27.3 Å². The average molecular weight is 440 g/mol. The van der Waals surface area contributed by atoms with E-state index in [1.807, 2.05) is 11.8 Å². The van der Waals surface area contributed by atoms with E-state index in [1.165, 1.54) is 12.3 Å². The quantitative estimate of drug-likeness (QED) is 0.598. The smallest absolute Gasteiger partial charge is 0.369 e. The summed E-state index contributed by atoms with van der Waals surface area (Å²) in [6.07, 6.45) is -1.62. The maximum atomic E-state index is 13.7. The lowest BCUT2D eigenvalue weighted by Crippen LogP contribution is -2.27. The van der Waals surface area contributed by atoms with Gasteiger partial charge in [-0.1, -0.05) is 0 Å². The van der Waals surface area contributed by atoms with Gasteiger partial charge in [-0.2, -0.15) is 17.5 Å². The van der Waals surface area contributed by atoms with Gasteiger partial charge >= 0.3 is 6.18 Å². The summed E-state index contributed by atoms with van der Waals surface area (Å²) in [5, 5.41) is 2.53. The Morgan fingerprint density at radius 3 is 2.83 bits per heavy atom. The zero-order valence-corrected chi connectivity index (χ0v) is 17.1. The Hall–Kier alpha value is -2.88. The molecule has 1 fully saturated rings. The Balaban J connectivity index is 0.00000181.